The number of rotatable bonds is 4. The maximum atomic E-state index is 6.13. The van der Waals surface area contributed by atoms with E-state index < -0.39 is 0 Å². The lowest BCUT2D eigenvalue weighted by molar-refractivity contribution is 0.122. The summed E-state index contributed by atoms with van der Waals surface area (Å²) >= 11 is 6.13. The third kappa shape index (κ3) is 4.74. The van der Waals surface area contributed by atoms with Crippen molar-refractivity contribution in [2.75, 3.05) is 31.2 Å². The standard InChI is InChI=1S/C17H20ClN7O/c1-11-10-20-12(2)17(21-11)23-14(19)3-4-15-22-13(18)9-16(24-15)25-5-7-26-8-6-25/h3-4,9-10H,5-8H2,1-2H3,(H2,19,21,23)/b4-3+. The van der Waals surface area contributed by atoms with Gasteiger partial charge in [-0.3, -0.25) is 4.98 Å². The summed E-state index contributed by atoms with van der Waals surface area (Å²) in [6.07, 6.45) is 4.98. The van der Waals surface area contributed by atoms with Crippen LogP contribution in [0.4, 0.5) is 11.6 Å². The van der Waals surface area contributed by atoms with Crippen molar-refractivity contribution < 1.29 is 4.74 Å². The maximum absolute atomic E-state index is 6.13. The Morgan fingerprint density at radius 3 is 2.81 bits per heavy atom. The molecule has 3 heterocycles. The van der Waals surface area contributed by atoms with Gasteiger partial charge in [-0.25, -0.2) is 19.9 Å². The summed E-state index contributed by atoms with van der Waals surface area (Å²) in [6, 6.07) is 1.74. The van der Waals surface area contributed by atoms with E-state index in [4.69, 9.17) is 22.1 Å². The Kier molecular flexibility index (Phi) is 5.75. The molecule has 2 aromatic rings. The highest BCUT2D eigenvalue weighted by Crippen LogP contribution is 2.18. The van der Waals surface area contributed by atoms with E-state index >= 15 is 0 Å². The lowest BCUT2D eigenvalue weighted by Crippen LogP contribution is -2.36. The topological polar surface area (TPSA) is 102 Å². The molecule has 0 aliphatic carbocycles. The third-order valence-corrected chi connectivity index (χ3v) is 3.92. The zero-order valence-corrected chi connectivity index (χ0v) is 15.4. The first-order valence-electron chi connectivity index (χ1n) is 8.21. The predicted molar refractivity (Wildman–Crippen MR) is 102 cm³/mol. The quantitative estimate of drug-likeness (QED) is 0.497. The van der Waals surface area contributed by atoms with E-state index in [0.29, 0.717) is 35.7 Å². The van der Waals surface area contributed by atoms with E-state index in [1.54, 1.807) is 24.4 Å². The van der Waals surface area contributed by atoms with Crippen molar-refractivity contribution >= 4 is 35.1 Å². The fourth-order valence-electron chi connectivity index (χ4n) is 2.40. The third-order valence-electron chi connectivity index (χ3n) is 3.72. The van der Waals surface area contributed by atoms with Gasteiger partial charge in [0.2, 0.25) is 0 Å². The summed E-state index contributed by atoms with van der Waals surface area (Å²) < 4.78 is 5.36. The molecule has 0 atom stereocenters. The molecule has 3 rings (SSSR count). The highest BCUT2D eigenvalue weighted by atomic mass is 35.5. The number of amidine groups is 1. The minimum Gasteiger partial charge on any atom is -0.384 e. The first kappa shape index (κ1) is 18.2. The van der Waals surface area contributed by atoms with Gasteiger partial charge in [-0.05, 0) is 26.0 Å². The van der Waals surface area contributed by atoms with Gasteiger partial charge in [0.15, 0.2) is 11.6 Å². The SMILES string of the molecule is Cc1cnc(C)c(N=C(N)/C=C/c2nc(Cl)cc(N3CCOCC3)n2)n1. The van der Waals surface area contributed by atoms with E-state index in [-0.39, 0.29) is 5.84 Å². The predicted octanol–water partition coefficient (Wildman–Crippen LogP) is 2.08. The molecular formula is C17H20ClN7O. The van der Waals surface area contributed by atoms with Crippen molar-refractivity contribution in [2.24, 2.45) is 10.7 Å². The second kappa shape index (κ2) is 8.20. The number of nitrogens with zero attached hydrogens (tertiary/aromatic N) is 6. The van der Waals surface area contributed by atoms with Crippen LogP contribution >= 0.6 is 11.6 Å². The van der Waals surface area contributed by atoms with Gasteiger partial charge in [0.25, 0.3) is 0 Å². The molecule has 1 saturated heterocycles. The number of ether oxygens (including phenoxy) is 1. The number of aliphatic imine (C=N–C) groups is 1. The molecule has 0 saturated carbocycles. The van der Waals surface area contributed by atoms with Gasteiger partial charge in [-0.2, -0.15) is 0 Å². The second-order valence-corrected chi connectivity index (χ2v) is 6.18. The molecule has 1 aliphatic rings. The van der Waals surface area contributed by atoms with Crippen LogP contribution < -0.4 is 10.6 Å². The zero-order valence-electron chi connectivity index (χ0n) is 14.7. The van der Waals surface area contributed by atoms with Gasteiger partial charge in [0.1, 0.15) is 16.8 Å². The highest BCUT2D eigenvalue weighted by Gasteiger charge is 2.14. The number of aromatic nitrogens is 4. The minimum atomic E-state index is 0.282. The van der Waals surface area contributed by atoms with E-state index in [9.17, 15) is 0 Å². The number of hydrogen-bond acceptors (Lipinski definition) is 7. The molecule has 8 nitrogen and oxygen atoms in total. The molecule has 9 heteroatoms. The summed E-state index contributed by atoms with van der Waals surface area (Å²) in [6.45, 7) is 6.56. The molecular weight excluding hydrogens is 354 g/mol. The van der Waals surface area contributed by atoms with E-state index in [0.717, 1.165) is 24.6 Å². The summed E-state index contributed by atoms with van der Waals surface area (Å²) in [5.74, 6) is 2.01. The molecule has 0 aromatic carbocycles. The molecule has 2 aromatic heterocycles. The van der Waals surface area contributed by atoms with Crippen LogP contribution in [0, 0.1) is 13.8 Å². The van der Waals surface area contributed by atoms with Crippen molar-refractivity contribution in [3.63, 3.8) is 0 Å². The lowest BCUT2D eigenvalue weighted by Gasteiger charge is -2.27. The molecule has 0 radical (unpaired) electrons. The number of anilines is 1. The first-order chi connectivity index (χ1) is 12.5. The molecule has 26 heavy (non-hydrogen) atoms. The van der Waals surface area contributed by atoms with Crippen LogP contribution in [-0.2, 0) is 4.74 Å². The van der Waals surface area contributed by atoms with E-state index in [1.165, 1.54) is 0 Å². The van der Waals surface area contributed by atoms with Crippen molar-refractivity contribution in [1.29, 1.82) is 0 Å². The molecule has 0 spiro atoms. The first-order valence-corrected chi connectivity index (χ1v) is 8.59. The monoisotopic (exact) mass is 373 g/mol. The van der Waals surface area contributed by atoms with Crippen molar-refractivity contribution in [1.82, 2.24) is 19.9 Å². The summed E-state index contributed by atoms with van der Waals surface area (Å²) in [4.78, 5) is 23.7. The summed E-state index contributed by atoms with van der Waals surface area (Å²) in [7, 11) is 0. The number of hydrogen-bond donors (Lipinski definition) is 1. The Morgan fingerprint density at radius 1 is 1.27 bits per heavy atom. The van der Waals surface area contributed by atoms with Gasteiger partial charge < -0.3 is 15.4 Å². The van der Waals surface area contributed by atoms with Gasteiger partial charge in [0, 0.05) is 25.4 Å². The number of halogens is 1. The summed E-state index contributed by atoms with van der Waals surface area (Å²) in [5.41, 5.74) is 7.46. The molecule has 1 aliphatic heterocycles. The van der Waals surface area contributed by atoms with Crippen LogP contribution in [0.25, 0.3) is 6.08 Å². The Balaban J connectivity index is 1.80. The molecule has 2 N–H and O–H groups in total. The average molecular weight is 374 g/mol. The maximum Gasteiger partial charge on any atom is 0.175 e. The Bertz CT molecular complexity index is 847. The molecule has 1 fully saturated rings. The number of aryl methyl sites for hydroxylation is 2. The largest absolute Gasteiger partial charge is 0.384 e. The zero-order chi connectivity index (χ0) is 18.5. The van der Waals surface area contributed by atoms with Crippen LogP contribution in [0.3, 0.4) is 0 Å². The molecule has 0 bridgehead atoms. The van der Waals surface area contributed by atoms with Crippen molar-refractivity contribution in [2.45, 2.75) is 13.8 Å². The second-order valence-electron chi connectivity index (χ2n) is 5.80. The minimum absolute atomic E-state index is 0.282. The fraction of sp³-hybridized carbons (Fsp3) is 0.353. The van der Waals surface area contributed by atoms with Crippen LogP contribution in [0.15, 0.2) is 23.3 Å². The number of morpholine rings is 1. The molecule has 0 amide bonds. The fourth-order valence-corrected chi connectivity index (χ4v) is 2.59. The van der Waals surface area contributed by atoms with Gasteiger partial charge in [0.05, 0.1) is 24.6 Å². The smallest absolute Gasteiger partial charge is 0.175 e. The Morgan fingerprint density at radius 2 is 2.04 bits per heavy atom. The Hall–Kier alpha value is -2.58. The van der Waals surface area contributed by atoms with Crippen LogP contribution in [-0.4, -0.2) is 52.1 Å². The normalized spacial score (nSPS) is 15.7. The Labute approximate surface area is 156 Å². The van der Waals surface area contributed by atoms with Crippen LogP contribution in [0.1, 0.15) is 17.2 Å². The van der Waals surface area contributed by atoms with Gasteiger partial charge in [-0.15, -0.1) is 0 Å². The van der Waals surface area contributed by atoms with Crippen molar-refractivity contribution in [3.05, 3.63) is 40.7 Å². The van der Waals surface area contributed by atoms with Gasteiger partial charge >= 0.3 is 0 Å². The lowest BCUT2D eigenvalue weighted by atomic mass is 10.3. The molecule has 136 valence electrons. The van der Waals surface area contributed by atoms with Crippen LogP contribution in [0.5, 0.6) is 0 Å². The average Bonchev–Trinajstić information content (AvgIpc) is 2.63. The highest BCUT2D eigenvalue weighted by molar-refractivity contribution is 6.29. The summed E-state index contributed by atoms with van der Waals surface area (Å²) in [5, 5.41) is 0.372. The van der Waals surface area contributed by atoms with Gasteiger partial charge in [-0.1, -0.05) is 11.6 Å². The van der Waals surface area contributed by atoms with Crippen LogP contribution in [0.2, 0.25) is 5.15 Å². The van der Waals surface area contributed by atoms with E-state index in [2.05, 4.69) is 29.8 Å². The number of nitrogens with two attached hydrogens (primary N) is 1. The van der Waals surface area contributed by atoms with E-state index in [1.807, 2.05) is 13.8 Å². The van der Waals surface area contributed by atoms with Crippen molar-refractivity contribution in [3.8, 4) is 0 Å². The molecule has 0 unspecified atom stereocenters.